The summed E-state index contributed by atoms with van der Waals surface area (Å²) in [6.45, 7) is 0. The minimum Gasteiger partial charge on any atom is -0.872 e. The maximum Gasteiger partial charge on any atom is 1.00 e. The molecule has 0 saturated heterocycles. The normalized spacial score (nSPS) is 10.7. The van der Waals surface area contributed by atoms with Crippen molar-refractivity contribution in [2.24, 2.45) is 0 Å². The second kappa shape index (κ2) is 6.18. The zero-order valence-corrected chi connectivity index (χ0v) is 13.6. The average Bonchev–Trinajstić information content (AvgIpc) is 2.30. The van der Waals surface area contributed by atoms with Gasteiger partial charge in [0.05, 0.1) is 4.90 Å². The molecule has 1 N–H and O–H groups in total. The molecule has 0 bridgehead atoms. The van der Waals surface area contributed by atoms with Crippen LogP contribution >= 0.6 is 0 Å². The summed E-state index contributed by atoms with van der Waals surface area (Å²) in [5.41, 5.74) is 0. The molecule has 0 heterocycles. The van der Waals surface area contributed by atoms with Crippen LogP contribution in [0.4, 0.5) is 0 Å². The van der Waals surface area contributed by atoms with Crippen molar-refractivity contribution in [1.82, 2.24) is 0 Å². The van der Waals surface area contributed by atoms with Crippen LogP contribution in [0.5, 0.6) is 11.5 Å². The molecule has 2 rings (SSSR count). The molecule has 0 aliphatic carbocycles. The Morgan fingerprint density at radius 2 is 1.50 bits per heavy atom. The van der Waals surface area contributed by atoms with Crippen LogP contribution in [0, 0.1) is 0 Å². The molecule has 0 amide bonds. The van der Waals surface area contributed by atoms with Crippen LogP contribution in [-0.2, 0) is 9.84 Å². The fourth-order valence-electron chi connectivity index (χ4n) is 1.43. The topological polar surface area (TPSA) is 77.4 Å². The van der Waals surface area contributed by atoms with Crippen LogP contribution in [0.2, 0.25) is 0 Å². The monoisotopic (exact) mass is 288 g/mol. The van der Waals surface area contributed by atoms with E-state index in [1.807, 2.05) is 0 Å². The van der Waals surface area contributed by atoms with E-state index < -0.39 is 9.84 Å². The van der Waals surface area contributed by atoms with Gasteiger partial charge in [0.1, 0.15) is 10.6 Å². The molecule has 6 heteroatoms. The van der Waals surface area contributed by atoms with E-state index in [-0.39, 0.29) is 72.7 Å². The Morgan fingerprint density at radius 1 is 0.944 bits per heavy atom. The van der Waals surface area contributed by atoms with Gasteiger partial charge in [0.2, 0.25) is 9.84 Å². The summed E-state index contributed by atoms with van der Waals surface area (Å²) in [5, 5.41) is 20.4. The molecule has 0 atom stereocenters. The van der Waals surface area contributed by atoms with Gasteiger partial charge in [0.15, 0.2) is 0 Å². The molecule has 18 heavy (non-hydrogen) atoms. The van der Waals surface area contributed by atoms with Gasteiger partial charge in [-0.25, -0.2) is 8.42 Å². The minimum absolute atomic E-state index is 0. The van der Waals surface area contributed by atoms with Crippen LogP contribution in [-0.4, -0.2) is 13.5 Å². The fraction of sp³-hybridized carbons (Fsp3) is 0. The average molecular weight is 288 g/mol. The Morgan fingerprint density at radius 3 is 2.06 bits per heavy atom. The van der Waals surface area contributed by atoms with E-state index in [4.69, 9.17) is 0 Å². The third-order valence-electron chi connectivity index (χ3n) is 2.29. The first kappa shape index (κ1) is 15.7. The van der Waals surface area contributed by atoms with Crippen molar-refractivity contribution in [3.05, 3.63) is 48.5 Å². The van der Waals surface area contributed by atoms with E-state index in [9.17, 15) is 18.6 Å². The van der Waals surface area contributed by atoms with Gasteiger partial charge in [0, 0.05) is 0 Å². The van der Waals surface area contributed by atoms with Crippen LogP contribution in [0.25, 0.3) is 0 Å². The van der Waals surface area contributed by atoms with E-state index >= 15 is 0 Å². The van der Waals surface area contributed by atoms with Gasteiger partial charge in [-0.05, 0) is 24.3 Å². The molecule has 0 unspecified atom stereocenters. The van der Waals surface area contributed by atoms with Gasteiger partial charge < -0.3 is 10.2 Å². The van der Waals surface area contributed by atoms with E-state index in [1.165, 1.54) is 48.5 Å². The van der Waals surface area contributed by atoms with E-state index in [0.717, 1.165) is 0 Å². The molecule has 0 radical (unpaired) electrons. The largest absolute Gasteiger partial charge is 1.00 e. The Balaban J connectivity index is 0.00000162. The number of hydrogen-bond donors (Lipinski definition) is 1. The van der Waals surface area contributed by atoms with Crippen LogP contribution in [0.1, 0.15) is 0 Å². The summed E-state index contributed by atoms with van der Waals surface area (Å²) >= 11 is 0. The zero-order valence-electron chi connectivity index (χ0n) is 9.70. The van der Waals surface area contributed by atoms with E-state index in [1.54, 1.807) is 0 Å². The van der Waals surface area contributed by atoms with Crippen molar-refractivity contribution in [2.75, 3.05) is 0 Å². The van der Waals surface area contributed by atoms with Crippen molar-refractivity contribution in [3.8, 4) is 11.5 Å². The minimum atomic E-state index is -3.78. The molecule has 0 aliphatic rings. The molecule has 0 aromatic heterocycles. The number of aromatic hydroxyl groups is 1. The van der Waals surface area contributed by atoms with Gasteiger partial charge in [-0.2, -0.15) is 0 Å². The number of rotatable bonds is 2. The smallest absolute Gasteiger partial charge is 0.872 e. The maximum atomic E-state index is 12.1. The third kappa shape index (κ3) is 3.14. The summed E-state index contributed by atoms with van der Waals surface area (Å²) < 4.78 is 24.2. The summed E-state index contributed by atoms with van der Waals surface area (Å²) in [6, 6.07) is 10.5. The molecule has 0 aliphatic heterocycles. The van der Waals surface area contributed by atoms with Gasteiger partial charge in [0.25, 0.3) is 0 Å². The first-order valence-corrected chi connectivity index (χ1v) is 6.30. The molecular weight excluding hydrogens is 279 g/mol. The number of sulfone groups is 1. The van der Waals surface area contributed by atoms with Gasteiger partial charge in [-0.15, -0.1) is 5.75 Å². The van der Waals surface area contributed by atoms with Crippen LogP contribution in [0.15, 0.2) is 58.3 Å². The Labute approximate surface area is 148 Å². The molecule has 4 nitrogen and oxygen atoms in total. The molecule has 88 valence electrons. The number of phenolic OH excluding ortho intramolecular Hbond substituents is 1. The zero-order chi connectivity index (χ0) is 12.5. The first-order valence-electron chi connectivity index (χ1n) is 4.82. The Kier molecular flexibility index (Phi) is 5.39. The Bertz CT molecular complexity index is 635. The van der Waals surface area contributed by atoms with E-state index in [0.29, 0.717) is 0 Å². The third-order valence-corrected chi connectivity index (χ3v) is 4.11. The SMILES string of the molecule is O=S(=O)(c1ccc([O-])cc1)c1ccccc1O.[K+]. The number of para-hydroxylation sites is 1. The van der Waals surface area contributed by atoms with Gasteiger partial charge in [-0.1, -0.05) is 24.3 Å². The first-order chi connectivity index (χ1) is 8.01. The number of hydrogen-bond acceptors (Lipinski definition) is 4. The second-order valence-electron chi connectivity index (χ2n) is 3.44. The van der Waals surface area contributed by atoms with Crippen molar-refractivity contribution in [2.45, 2.75) is 9.79 Å². The fourth-order valence-corrected chi connectivity index (χ4v) is 2.78. The molecule has 0 spiro atoms. The second-order valence-corrected chi connectivity index (χ2v) is 5.36. The van der Waals surface area contributed by atoms with Gasteiger partial charge in [-0.3, -0.25) is 0 Å². The van der Waals surface area contributed by atoms with Crippen molar-refractivity contribution in [1.29, 1.82) is 0 Å². The summed E-state index contributed by atoms with van der Waals surface area (Å²) in [7, 11) is -3.78. The Hall–Kier alpha value is -0.374. The van der Waals surface area contributed by atoms with Crippen molar-refractivity contribution in [3.63, 3.8) is 0 Å². The summed E-state index contributed by atoms with van der Waals surface area (Å²) in [6.07, 6.45) is 0. The predicted octanol–water partition coefficient (Wildman–Crippen LogP) is -1.70. The number of phenols is 1. The summed E-state index contributed by atoms with van der Waals surface area (Å²) in [4.78, 5) is -0.183. The predicted molar refractivity (Wildman–Crippen MR) is 59.4 cm³/mol. The molecule has 0 fully saturated rings. The standard InChI is InChI=1S/C12H10O4S.K/c13-9-5-7-10(8-6-9)17(15,16)12-4-2-1-3-11(12)14;/h1-8,13-14H;/q;+1/p-1. The summed E-state index contributed by atoms with van der Waals surface area (Å²) in [5.74, 6) is -0.570. The molecule has 0 saturated carbocycles. The molecule has 2 aromatic carbocycles. The van der Waals surface area contributed by atoms with Crippen LogP contribution < -0.4 is 56.5 Å². The van der Waals surface area contributed by atoms with Gasteiger partial charge >= 0.3 is 51.4 Å². The quantitative estimate of drug-likeness (QED) is 0.669. The van der Waals surface area contributed by atoms with E-state index in [2.05, 4.69) is 0 Å². The molecular formula is C12H9KO4S. The van der Waals surface area contributed by atoms with Crippen molar-refractivity contribution >= 4 is 9.84 Å². The maximum absolute atomic E-state index is 12.1. The number of benzene rings is 2. The van der Waals surface area contributed by atoms with Crippen molar-refractivity contribution < 1.29 is 70.0 Å². The molecule has 2 aromatic rings. The van der Waals surface area contributed by atoms with Crippen LogP contribution in [0.3, 0.4) is 0 Å².